The lowest BCUT2D eigenvalue weighted by molar-refractivity contribution is -0.111. The van der Waals surface area contributed by atoms with Gasteiger partial charge in [-0.2, -0.15) is 0 Å². The first-order chi connectivity index (χ1) is 12.3. The average molecular weight is 389 g/mol. The van der Waals surface area contributed by atoms with E-state index in [1.807, 2.05) is 24.3 Å². The Morgan fingerprint density at radius 1 is 1.19 bits per heavy atom. The molecule has 0 aliphatic carbocycles. The molecule has 0 aromatic heterocycles. The Labute approximate surface area is 164 Å². The summed E-state index contributed by atoms with van der Waals surface area (Å²) in [5.74, 6) is -0.240. The first-order valence-electron chi connectivity index (χ1n) is 8.53. The number of fused-ring (bicyclic) bond motifs is 1. The van der Waals surface area contributed by atoms with Crippen molar-refractivity contribution in [3.05, 3.63) is 69.2 Å². The molecular weight excluding hydrogens is 367 g/mol. The van der Waals surface area contributed by atoms with Gasteiger partial charge in [-0.15, -0.1) is 0 Å². The number of amides is 1. The van der Waals surface area contributed by atoms with Crippen LogP contribution in [0.15, 0.2) is 42.5 Å². The van der Waals surface area contributed by atoms with E-state index in [1.165, 1.54) is 11.6 Å². The molecule has 2 aromatic carbocycles. The SMILES string of the molecule is CN1Cc2c(ccc(NC(=O)C=Cc3ccccc3Cl)c2Cl)CC1(C)C. The molecule has 0 radical (unpaired) electrons. The van der Waals surface area contributed by atoms with Crippen molar-refractivity contribution in [3.8, 4) is 0 Å². The fraction of sp³-hybridized carbons (Fsp3) is 0.286. The molecule has 0 saturated carbocycles. The largest absolute Gasteiger partial charge is 0.321 e. The van der Waals surface area contributed by atoms with Gasteiger partial charge in [-0.3, -0.25) is 9.69 Å². The minimum Gasteiger partial charge on any atom is -0.321 e. The molecule has 2 aromatic rings. The van der Waals surface area contributed by atoms with Crippen LogP contribution in [0.4, 0.5) is 5.69 Å². The number of likely N-dealkylation sites (N-methyl/N-ethyl adjacent to an activating group) is 1. The highest BCUT2D eigenvalue weighted by atomic mass is 35.5. The van der Waals surface area contributed by atoms with Crippen molar-refractivity contribution in [2.75, 3.05) is 12.4 Å². The van der Waals surface area contributed by atoms with E-state index in [2.05, 4.69) is 37.2 Å². The molecule has 3 nitrogen and oxygen atoms in total. The summed E-state index contributed by atoms with van der Waals surface area (Å²) in [6, 6.07) is 11.3. The highest BCUT2D eigenvalue weighted by molar-refractivity contribution is 6.35. The molecule has 26 heavy (non-hydrogen) atoms. The van der Waals surface area contributed by atoms with Crippen LogP contribution in [-0.4, -0.2) is 23.4 Å². The second-order valence-electron chi connectivity index (χ2n) is 7.25. The van der Waals surface area contributed by atoms with Crippen molar-refractivity contribution in [3.63, 3.8) is 0 Å². The summed E-state index contributed by atoms with van der Waals surface area (Å²) in [4.78, 5) is 14.6. The molecule has 0 unspecified atom stereocenters. The van der Waals surface area contributed by atoms with E-state index in [-0.39, 0.29) is 11.4 Å². The van der Waals surface area contributed by atoms with Crippen LogP contribution in [0, 0.1) is 0 Å². The van der Waals surface area contributed by atoms with Crippen LogP contribution >= 0.6 is 23.2 Å². The van der Waals surface area contributed by atoms with E-state index in [4.69, 9.17) is 23.2 Å². The number of nitrogens with zero attached hydrogens (tertiary/aromatic N) is 1. The Hall–Kier alpha value is -1.81. The van der Waals surface area contributed by atoms with Gasteiger partial charge in [0.25, 0.3) is 0 Å². The van der Waals surface area contributed by atoms with E-state index in [9.17, 15) is 4.79 Å². The third-order valence-electron chi connectivity index (χ3n) is 4.97. The van der Waals surface area contributed by atoms with Gasteiger partial charge in [-0.05, 0) is 62.2 Å². The van der Waals surface area contributed by atoms with Crippen molar-refractivity contribution in [1.82, 2.24) is 4.90 Å². The number of benzene rings is 2. The fourth-order valence-corrected chi connectivity index (χ4v) is 3.59. The number of carbonyl (C=O) groups is 1. The third kappa shape index (κ3) is 3.96. The second-order valence-corrected chi connectivity index (χ2v) is 8.04. The van der Waals surface area contributed by atoms with Crippen molar-refractivity contribution in [2.45, 2.75) is 32.4 Å². The summed E-state index contributed by atoms with van der Waals surface area (Å²) in [5, 5.41) is 4.09. The maximum atomic E-state index is 12.3. The van der Waals surface area contributed by atoms with Crippen molar-refractivity contribution < 1.29 is 4.79 Å². The Kier molecular flexibility index (Phi) is 5.42. The van der Waals surface area contributed by atoms with Gasteiger partial charge in [-0.25, -0.2) is 0 Å². The van der Waals surface area contributed by atoms with E-state index in [0.29, 0.717) is 15.7 Å². The number of hydrogen-bond acceptors (Lipinski definition) is 2. The second kappa shape index (κ2) is 7.43. The van der Waals surface area contributed by atoms with Crippen LogP contribution in [-0.2, 0) is 17.8 Å². The van der Waals surface area contributed by atoms with Gasteiger partial charge in [0.15, 0.2) is 0 Å². The van der Waals surface area contributed by atoms with Gasteiger partial charge in [0.1, 0.15) is 0 Å². The van der Waals surface area contributed by atoms with Gasteiger partial charge in [-0.1, -0.05) is 47.5 Å². The quantitative estimate of drug-likeness (QED) is 0.712. The van der Waals surface area contributed by atoms with Crippen LogP contribution in [0.5, 0.6) is 0 Å². The van der Waals surface area contributed by atoms with E-state index in [1.54, 1.807) is 12.1 Å². The van der Waals surface area contributed by atoms with Crippen LogP contribution in [0.3, 0.4) is 0 Å². The van der Waals surface area contributed by atoms with Gasteiger partial charge in [0.2, 0.25) is 5.91 Å². The molecule has 0 fully saturated rings. The first-order valence-corrected chi connectivity index (χ1v) is 9.28. The highest BCUT2D eigenvalue weighted by Crippen LogP contribution is 2.37. The number of rotatable bonds is 3. The smallest absolute Gasteiger partial charge is 0.248 e. The first kappa shape index (κ1) is 19.0. The highest BCUT2D eigenvalue weighted by Gasteiger charge is 2.31. The number of nitrogens with one attached hydrogen (secondary N) is 1. The van der Waals surface area contributed by atoms with E-state index < -0.39 is 0 Å². The lowest BCUT2D eigenvalue weighted by Crippen LogP contribution is -2.45. The van der Waals surface area contributed by atoms with Crippen LogP contribution < -0.4 is 5.32 Å². The number of hydrogen-bond donors (Lipinski definition) is 1. The molecule has 5 heteroatoms. The normalized spacial score (nSPS) is 16.5. The molecule has 1 N–H and O–H groups in total. The van der Waals surface area contributed by atoms with E-state index >= 15 is 0 Å². The van der Waals surface area contributed by atoms with Crippen molar-refractivity contribution in [1.29, 1.82) is 0 Å². The van der Waals surface area contributed by atoms with Gasteiger partial charge in [0, 0.05) is 23.2 Å². The standard InChI is InChI=1S/C21H22Cl2N2O/c1-21(2)12-15-8-10-18(20(23)16(15)13-25(21)3)24-19(26)11-9-14-6-4-5-7-17(14)22/h4-11H,12-13H2,1-3H3,(H,24,26). The van der Waals surface area contributed by atoms with E-state index in [0.717, 1.165) is 24.1 Å². The summed E-state index contributed by atoms with van der Waals surface area (Å²) in [5.41, 5.74) is 3.85. The van der Waals surface area contributed by atoms with Crippen LogP contribution in [0.25, 0.3) is 6.08 Å². The summed E-state index contributed by atoms with van der Waals surface area (Å²) in [6.07, 6.45) is 4.09. The molecule has 1 heterocycles. The average Bonchev–Trinajstić information content (AvgIpc) is 2.58. The van der Waals surface area contributed by atoms with Gasteiger partial charge < -0.3 is 5.32 Å². The summed E-state index contributed by atoms with van der Waals surface area (Å²) < 4.78 is 0. The maximum absolute atomic E-state index is 12.3. The Bertz CT molecular complexity index is 874. The van der Waals surface area contributed by atoms with Crippen molar-refractivity contribution >= 4 is 40.9 Å². The predicted molar refractivity (Wildman–Crippen MR) is 110 cm³/mol. The number of halogens is 2. The Balaban J connectivity index is 1.78. The zero-order chi connectivity index (χ0) is 18.9. The maximum Gasteiger partial charge on any atom is 0.248 e. The Morgan fingerprint density at radius 2 is 1.92 bits per heavy atom. The molecular formula is C21H22Cl2N2O. The van der Waals surface area contributed by atoms with Gasteiger partial charge in [0.05, 0.1) is 10.7 Å². The third-order valence-corrected chi connectivity index (χ3v) is 5.75. The number of anilines is 1. The van der Waals surface area contributed by atoms with Crippen molar-refractivity contribution in [2.24, 2.45) is 0 Å². The number of carbonyl (C=O) groups excluding carboxylic acids is 1. The summed E-state index contributed by atoms with van der Waals surface area (Å²) in [7, 11) is 2.09. The molecule has 1 aliphatic rings. The summed E-state index contributed by atoms with van der Waals surface area (Å²) in [6.45, 7) is 5.21. The van der Waals surface area contributed by atoms with Gasteiger partial charge >= 0.3 is 0 Å². The molecule has 1 amide bonds. The predicted octanol–water partition coefficient (Wildman–Crippen LogP) is 5.41. The zero-order valence-corrected chi connectivity index (χ0v) is 16.7. The lowest BCUT2D eigenvalue weighted by atomic mass is 9.86. The minimum atomic E-state index is -0.240. The molecule has 1 aliphatic heterocycles. The molecule has 0 saturated heterocycles. The summed E-state index contributed by atoms with van der Waals surface area (Å²) >= 11 is 12.7. The van der Waals surface area contributed by atoms with Crippen LogP contribution in [0.1, 0.15) is 30.5 Å². The molecule has 0 spiro atoms. The lowest BCUT2D eigenvalue weighted by Gasteiger charge is -2.41. The minimum absolute atomic E-state index is 0.0960. The molecule has 136 valence electrons. The van der Waals surface area contributed by atoms with Crippen LogP contribution in [0.2, 0.25) is 10.0 Å². The Morgan fingerprint density at radius 3 is 2.65 bits per heavy atom. The topological polar surface area (TPSA) is 32.3 Å². The molecule has 0 bridgehead atoms. The molecule has 0 atom stereocenters. The monoisotopic (exact) mass is 388 g/mol. The molecule has 3 rings (SSSR count). The zero-order valence-electron chi connectivity index (χ0n) is 15.1. The fourth-order valence-electron chi connectivity index (χ4n) is 3.10.